The number of hydrogen-bond donors (Lipinski definition) is 1. The molecular formula is C9H13NO3S. The molecule has 0 aromatic heterocycles. The van der Waals surface area contributed by atoms with E-state index in [1.54, 1.807) is 12.1 Å². The molecule has 0 aliphatic heterocycles. The predicted molar refractivity (Wildman–Crippen MR) is 53.7 cm³/mol. The monoisotopic (exact) mass is 215 g/mol. The van der Waals surface area contributed by atoms with Gasteiger partial charge in [0.05, 0.1) is 12.0 Å². The molecule has 1 aromatic carbocycles. The van der Waals surface area contributed by atoms with Crippen molar-refractivity contribution in [2.45, 2.75) is 18.2 Å². The summed E-state index contributed by atoms with van der Waals surface area (Å²) in [4.78, 5) is 0.167. The van der Waals surface area contributed by atoms with Crippen molar-refractivity contribution in [2.75, 3.05) is 7.11 Å². The summed E-state index contributed by atoms with van der Waals surface area (Å²) in [6.07, 6.45) is 0.600. The van der Waals surface area contributed by atoms with E-state index in [9.17, 15) is 8.42 Å². The normalized spacial score (nSPS) is 11.4. The van der Waals surface area contributed by atoms with Gasteiger partial charge in [0.15, 0.2) is 0 Å². The Bertz CT molecular complexity index is 426. The smallest absolute Gasteiger partial charge is 0.238 e. The summed E-state index contributed by atoms with van der Waals surface area (Å²) in [5.74, 6) is 0.634. The maximum atomic E-state index is 11.1. The minimum atomic E-state index is -3.63. The van der Waals surface area contributed by atoms with Gasteiger partial charge in [0.1, 0.15) is 5.75 Å². The summed E-state index contributed by atoms with van der Waals surface area (Å²) in [6, 6.07) is 4.73. The minimum absolute atomic E-state index is 0.167. The van der Waals surface area contributed by atoms with Crippen LogP contribution in [0.15, 0.2) is 23.1 Å². The van der Waals surface area contributed by atoms with Gasteiger partial charge in [-0.1, -0.05) is 6.92 Å². The minimum Gasteiger partial charge on any atom is -0.497 e. The molecular weight excluding hydrogens is 202 g/mol. The van der Waals surface area contributed by atoms with E-state index in [0.717, 1.165) is 0 Å². The molecule has 4 nitrogen and oxygen atoms in total. The number of methoxy groups -OCH3 is 1. The fourth-order valence-corrected chi connectivity index (χ4v) is 2.06. The summed E-state index contributed by atoms with van der Waals surface area (Å²) >= 11 is 0. The zero-order chi connectivity index (χ0) is 10.8. The second-order valence-corrected chi connectivity index (χ2v) is 4.40. The summed E-state index contributed by atoms with van der Waals surface area (Å²) in [6.45, 7) is 1.86. The van der Waals surface area contributed by atoms with Crippen molar-refractivity contribution in [1.82, 2.24) is 0 Å². The second-order valence-electron chi connectivity index (χ2n) is 2.87. The molecule has 0 radical (unpaired) electrons. The maximum Gasteiger partial charge on any atom is 0.238 e. The van der Waals surface area contributed by atoms with Gasteiger partial charge < -0.3 is 4.74 Å². The Kier molecular flexibility index (Phi) is 3.13. The average molecular weight is 215 g/mol. The third-order valence-corrected chi connectivity index (χ3v) is 2.97. The summed E-state index contributed by atoms with van der Waals surface area (Å²) in [5, 5.41) is 5.06. The lowest BCUT2D eigenvalue weighted by Gasteiger charge is -2.07. The van der Waals surface area contributed by atoms with Crippen LogP contribution in [-0.2, 0) is 16.4 Å². The van der Waals surface area contributed by atoms with E-state index in [1.807, 2.05) is 6.92 Å². The van der Waals surface area contributed by atoms with Gasteiger partial charge >= 0.3 is 0 Å². The zero-order valence-corrected chi connectivity index (χ0v) is 8.97. The second kappa shape index (κ2) is 3.98. The first kappa shape index (κ1) is 11.0. The number of aryl methyl sites for hydroxylation is 1. The molecule has 78 valence electrons. The Labute approximate surface area is 83.7 Å². The van der Waals surface area contributed by atoms with Gasteiger partial charge in [0.25, 0.3) is 0 Å². The van der Waals surface area contributed by atoms with Gasteiger partial charge in [-0.2, -0.15) is 0 Å². The first-order valence-electron chi connectivity index (χ1n) is 4.18. The molecule has 0 atom stereocenters. The Hall–Kier alpha value is -1.07. The van der Waals surface area contributed by atoms with Crippen LogP contribution < -0.4 is 9.88 Å². The van der Waals surface area contributed by atoms with Crippen LogP contribution in [0.4, 0.5) is 0 Å². The van der Waals surface area contributed by atoms with Gasteiger partial charge in [-0.15, -0.1) is 0 Å². The van der Waals surface area contributed by atoms with Crippen LogP contribution in [0.25, 0.3) is 0 Å². The van der Waals surface area contributed by atoms with Crippen molar-refractivity contribution >= 4 is 10.0 Å². The molecule has 0 amide bonds. The number of primary sulfonamides is 1. The summed E-state index contributed by atoms with van der Waals surface area (Å²) in [7, 11) is -2.09. The molecule has 0 heterocycles. The third-order valence-electron chi connectivity index (χ3n) is 1.96. The van der Waals surface area contributed by atoms with Crippen molar-refractivity contribution in [1.29, 1.82) is 0 Å². The molecule has 1 rings (SSSR count). The fourth-order valence-electron chi connectivity index (χ4n) is 1.24. The molecule has 2 N–H and O–H groups in total. The molecule has 0 fully saturated rings. The molecule has 0 saturated heterocycles. The van der Waals surface area contributed by atoms with E-state index < -0.39 is 10.0 Å². The van der Waals surface area contributed by atoms with Crippen LogP contribution in [0.1, 0.15) is 12.5 Å². The highest BCUT2D eigenvalue weighted by molar-refractivity contribution is 7.89. The molecule has 5 heteroatoms. The van der Waals surface area contributed by atoms with E-state index in [2.05, 4.69) is 0 Å². The number of rotatable bonds is 3. The van der Waals surface area contributed by atoms with Crippen LogP contribution in [-0.4, -0.2) is 15.5 Å². The van der Waals surface area contributed by atoms with E-state index in [-0.39, 0.29) is 4.90 Å². The van der Waals surface area contributed by atoms with Gasteiger partial charge in [-0.25, -0.2) is 13.6 Å². The first-order chi connectivity index (χ1) is 6.49. The number of nitrogens with two attached hydrogens (primary N) is 1. The predicted octanol–water partition coefficient (Wildman–Crippen LogP) is 0.905. The molecule has 0 aliphatic carbocycles. The van der Waals surface area contributed by atoms with E-state index in [4.69, 9.17) is 9.88 Å². The number of hydrogen-bond acceptors (Lipinski definition) is 3. The Balaban J connectivity index is 3.33. The molecule has 14 heavy (non-hydrogen) atoms. The zero-order valence-electron chi connectivity index (χ0n) is 8.15. The van der Waals surface area contributed by atoms with Gasteiger partial charge in [0, 0.05) is 0 Å². The lowest BCUT2D eigenvalue weighted by Crippen LogP contribution is -2.14. The third kappa shape index (κ3) is 2.24. The highest BCUT2D eigenvalue weighted by Gasteiger charge is 2.12. The Morgan fingerprint density at radius 3 is 2.50 bits per heavy atom. The van der Waals surface area contributed by atoms with Crippen LogP contribution in [0.3, 0.4) is 0 Å². The Morgan fingerprint density at radius 1 is 1.43 bits per heavy atom. The summed E-state index contributed by atoms with van der Waals surface area (Å²) in [5.41, 5.74) is 0.673. The molecule has 0 aliphatic rings. The lowest BCUT2D eigenvalue weighted by molar-refractivity contribution is 0.414. The van der Waals surface area contributed by atoms with Crippen molar-refractivity contribution in [2.24, 2.45) is 5.14 Å². The van der Waals surface area contributed by atoms with Gasteiger partial charge in [-0.3, -0.25) is 0 Å². The van der Waals surface area contributed by atoms with E-state index >= 15 is 0 Å². The van der Waals surface area contributed by atoms with Crippen molar-refractivity contribution in [3.8, 4) is 5.75 Å². The van der Waals surface area contributed by atoms with Crippen LogP contribution in [0, 0.1) is 0 Å². The van der Waals surface area contributed by atoms with Crippen molar-refractivity contribution in [3.05, 3.63) is 23.8 Å². The van der Waals surface area contributed by atoms with Crippen molar-refractivity contribution in [3.63, 3.8) is 0 Å². The maximum absolute atomic E-state index is 11.1. The topological polar surface area (TPSA) is 69.4 Å². The number of benzene rings is 1. The van der Waals surface area contributed by atoms with Crippen molar-refractivity contribution < 1.29 is 13.2 Å². The van der Waals surface area contributed by atoms with E-state index in [0.29, 0.717) is 17.7 Å². The SMILES string of the molecule is CCc1cc(OC)ccc1S(N)(=O)=O. The number of ether oxygens (including phenoxy) is 1. The fraction of sp³-hybridized carbons (Fsp3) is 0.333. The van der Waals surface area contributed by atoms with Crippen LogP contribution in [0.2, 0.25) is 0 Å². The highest BCUT2D eigenvalue weighted by Crippen LogP contribution is 2.20. The largest absolute Gasteiger partial charge is 0.497 e. The first-order valence-corrected chi connectivity index (χ1v) is 5.73. The van der Waals surface area contributed by atoms with Crippen LogP contribution >= 0.6 is 0 Å². The molecule has 0 bridgehead atoms. The van der Waals surface area contributed by atoms with Crippen LogP contribution in [0.5, 0.6) is 5.75 Å². The van der Waals surface area contributed by atoms with Gasteiger partial charge in [-0.05, 0) is 30.2 Å². The highest BCUT2D eigenvalue weighted by atomic mass is 32.2. The van der Waals surface area contributed by atoms with Gasteiger partial charge in [0.2, 0.25) is 10.0 Å². The standard InChI is InChI=1S/C9H13NO3S/c1-3-7-6-8(13-2)4-5-9(7)14(10,11)12/h4-6H,3H2,1-2H3,(H2,10,11,12). The lowest BCUT2D eigenvalue weighted by atomic mass is 10.1. The summed E-state index contributed by atoms with van der Waals surface area (Å²) < 4.78 is 27.3. The average Bonchev–Trinajstić information content (AvgIpc) is 2.15. The molecule has 0 spiro atoms. The quantitative estimate of drug-likeness (QED) is 0.814. The molecule has 0 unspecified atom stereocenters. The Morgan fingerprint density at radius 2 is 2.07 bits per heavy atom. The number of sulfonamides is 1. The van der Waals surface area contributed by atoms with E-state index in [1.165, 1.54) is 13.2 Å². The molecule has 0 saturated carbocycles. The molecule has 1 aromatic rings.